The molecule has 0 saturated heterocycles. The quantitative estimate of drug-likeness (QED) is 0.0261. The predicted molar refractivity (Wildman–Crippen MR) is 353 cm³/mol. The van der Waals surface area contributed by atoms with Crippen molar-refractivity contribution in [1.29, 1.82) is 0 Å². The Morgan fingerprint density at radius 2 is 0.481 bits per heavy atom. The van der Waals surface area contributed by atoms with Gasteiger partial charge >= 0.3 is 17.9 Å². The fourth-order valence-electron chi connectivity index (χ4n) is 10.8. The fourth-order valence-corrected chi connectivity index (χ4v) is 10.8. The van der Waals surface area contributed by atoms with E-state index >= 15 is 0 Å². The van der Waals surface area contributed by atoms with Crippen LogP contribution in [0.1, 0.15) is 380 Å². The molecule has 0 aliphatic carbocycles. The van der Waals surface area contributed by atoms with E-state index in [0.717, 1.165) is 70.6 Å². The summed E-state index contributed by atoms with van der Waals surface area (Å²) >= 11 is 0. The van der Waals surface area contributed by atoms with Crippen LogP contribution in [0.25, 0.3) is 0 Å². The van der Waals surface area contributed by atoms with Crippen LogP contribution in [0.4, 0.5) is 0 Å². The molecule has 0 aliphatic rings. The van der Waals surface area contributed by atoms with Crippen LogP contribution in [-0.4, -0.2) is 37.2 Å². The molecule has 0 aromatic heterocycles. The summed E-state index contributed by atoms with van der Waals surface area (Å²) in [4.78, 5) is 38.3. The zero-order chi connectivity index (χ0) is 58.5. The molecule has 0 aromatic carbocycles. The van der Waals surface area contributed by atoms with Gasteiger partial charge in [0, 0.05) is 12.8 Å². The molecule has 0 radical (unpaired) electrons. The maximum atomic E-state index is 12.9. The summed E-state index contributed by atoms with van der Waals surface area (Å²) in [5, 5.41) is 0. The van der Waals surface area contributed by atoms with Crippen molar-refractivity contribution >= 4 is 17.9 Å². The summed E-state index contributed by atoms with van der Waals surface area (Å²) in [6.45, 7) is 6.51. The van der Waals surface area contributed by atoms with E-state index in [1.807, 2.05) is 12.2 Å². The first-order valence-corrected chi connectivity index (χ1v) is 35.8. The van der Waals surface area contributed by atoms with Crippen LogP contribution in [0, 0.1) is 0 Å². The fraction of sp³-hybridized carbons (Fsp3) is 0.827. The highest BCUT2D eigenvalue weighted by Crippen LogP contribution is 2.19. The Balaban J connectivity index is 4.23. The van der Waals surface area contributed by atoms with E-state index in [2.05, 4.69) is 69.4 Å². The smallest absolute Gasteiger partial charge is 0.309 e. The molecule has 472 valence electrons. The molecule has 6 nitrogen and oxygen atoms in total. The number of carbonyl (C=O) groups is 3. The second kappa shape index (κ2) is 69.6. The minimum Gasteiger partial charge on any atom is -0.462 e. The predicted octanol–water partition coefficient (Wildman–Crippen LogP) is 24.7. The van der Waals surface area contributed by atoms with Crippen molar-refractivity contribution in [3.8, 4) is 0 Å². The van der Waals surface area contributed by atoms with E-state index in [4.69, 9.17) is 14.2 Å². The Bertz CT molecular complexity index is 1440. The molecule has 6 heteroatoms. The Hall–Kier alpha value is -2.89. The molecule has 0 rings (SSSR count). The highest BCUT2D eigenvalue weighted by Gasteiger charge is 2.19. The average molecular weight is 1130 g/mol. The number of rotatable bonds is 66. The zero-order valence-electron chi connectivity index (χ0n) is 54.3. The molecule has 81 heavy (non-hydrogen) atoms. The van der Waals surface area contributed by atoms with Crippen LogP contribution in [0.5, 0.6) is 0 Å². The third kappa shape index (κ3) is 67.8. The zero-order valence-corrected chi connectivity index (χ0v) is 54.3. The van der Waals surface area contributed by atoms with Crippen molar-refractivity contribution in [1.82, 2.24) is 0 Å². The monoisotopic (exact) mass is 1130 g/mol. The topological polar surface area (TPSA) is 78.9 Å². The van der Waals surface area contributed by atoms with E-state index in [1.165, 1.54) is 270 Å². The Labute approximate surface area is 504 Å². The van der Waals surface area contributed by atoms with Crippen molar-refractivity contribution in [2.75, 3.05) is 13.2 Å². The molecular weight excluding hydrogens is 997 g/mol. The van der Waals surface area contributed by atoms with E-state index in [-0.39, 0.29) is 31.6 Å². The normalized spacial score (nSPS) is 12.4. The molecule has 0 fully saturated rings. The number of unbranched alkanes of at least 4 members (excludes halogenated alkanes) is 46. The highest BCUT2D eigenvalue weighted by molar-refractivity contribution is 5.72. The van der Waals surface area contributed by atoms with E-state index in [0.29, 0.717) is 12.8 Å². The highest BCUT2D eigenvalue weighted by atomic mass is 16.6. The summed E-state index contributed by atoms with van der Waals surface area (Å²) in [5.74, 6) is -1.01. The van der Waals surface area contributed by atoms with Gasteiger partial charge in [0.2, 0.25) is 0 Å². The number of allylic oxidation sites excluding steroid dienone is 9. The van der Waals surface area contributed by atoms with Gasteiger partial charge in [-0.3, -0.25) is 14.4 Å². The van der Waals surface area contributed by atoms with Gasteiger partial charge in [-0.05, 0) is 44.9 Å². The maximum Gasteiger partial charge on any atom is 0.309 e. The lowest BCUT2D eigenvalue weighted by Gasteiger charge is -2.18. The summed E-state index contributed by atoms with van der Waals surface area (Å²) < 4.78 is 16.9. The molecule has 1 atom stereocenters. The molecule has 0 spiro atoms. The van der Waals surface area contributed by atoms with Crippen LogP contribution in [0.15, 0.2) is 60.8 Å². The maximum absolute atomic E-state index is 12.9. The molecule has 0 aliphatic heterocycles. The third-order valence-corrected chi connectivity index (χ3v) is 16.1. The Morgan fingerprint density at radius 1 is 0.259 bits per heavy atom. The number of ether oxygens (including phenoxy) is 3. The van der Waals surface area contributed by atoms with Crippen molar-refractivity contribution in [2.24, 2.45) is 0 Å². The second-order valence-corrected chi connectivity index (χ2v) is 24.2. The van der Waals surface area contributed by atoms with Crippen molar-refractivity contribution in [3.05, 3.63) is 60.8 Å². The SMILES string of the molecule is CC/C=C\C/C=C\C/C=C\C/C=C\C/C=C\CC(=O)OCC(COC(=O)CCCCCCCCCCCCCCCCCCCCCCCCCCCCCCCC)OC(=O)CCCCCCCCCCCCCCCCCCCC. The largest absolute Gasteiger partial charge is 0.462 e. The van der Waals surface area contributed by atoms with Gasteiger partial charge in [0.25, 0.3) is 0 Å². The summed E-state index contributed by atoms with van der Waals surface area (Å²) in [7, 11) is 0. The summed E-state index contributed by atoms with van der Waals surface area (Å²) in [6.07, 6.45) is 90.1. The van der Waals surface area contributed by atoms with Crippen LogP contribution in [-0.2, 0) is 28.6 Å². The van der Waals surface area contributed by atoms with Gasteiger partial charge in [-0.1, -0.05) is 377 Å². The first-order chi connectivity index (χ1) is 40.0. The van der Waals surface area contributed by atoms with Gasteiger partial charge in [-0.2, -0.15) is 0 Å². The second-order valence-electron chi connectivity index (χ2n) is 24.2. The Morgan fingerprint density at radius 3 is 0.753 bits per heavy atom. The third-order valence-electron chi connectivity index (χ3n) is 16.1. The minimum atomic E-state index is -0.812. The van der Waals surface area contributed by atoms with Gasteiger partial charge in [0.05, 0.1) is 6.42 Å². The minimum absolute atomic E-state index is 0.0990. The lowest BCUT2D eigenvalue weighted by molar-refractivity contribution is -0.166. The number of carbonyl (C=O) groups excluding carboxylic acids is 3. The van der Waals surface area contributed by atoms with E-state index in [1.54, 1.807) is 0 Å². The van der Waals surface area contributed by atoms with Crippen molar-refractivity contribution in [3.63, 3.8) is 0 Å². The van der Waals surface area contributed by atoms with Crippen molar-refractivity contribution in [2.45, 2.75) is 386 Å². The lowest BCUT2D eigenvalue weighted by Crippen LogP contribution is -2.30. The van der Waals surface area contributed by atoms with Gasteiger partial charge in [-0.25, -0.2) is 0 Å². The molecule has 0 amide bonds. The molecule has 0 heterocycles. The van der Waals surface area contributed by atoms with Gasteiger partial charge < -0.3 is 14.2 Å². The molecule has 0 N–H and O–H groups in total. The summed E-state index contributed by atoms with van der Waals surface area (Å²) in [6, 6.07) is 0. The van der Waals surface area contributed by atoms with E-state index in [9.17, 15) is 14.4 Å². The van der Waals surface area contributed by atoms with Crippen LogP contribution < -0.4 is 0 Å². The molecular formula is C75H136O6. The molecule has 0 saturated carbocycles. The lowest BCUT2D eigenvalue weighted by atomic mass is 10.0. The van der Waals surface area contributed by atoms with E-state index < -0.39 is 12.1 Å². The Kier molecular flexibility index (Phi) is 67.1. The molecule has 0 bridgehead atoms. The number of hydrogen-bond acceptors (Lipinski definition) is 6. The molecule has 0 aromatic rings. The average Bonchev–Trinajstić information content (AvgIpc) is 3.47. The van der Waals surface area contributed by atoms with Gasteiger partial charge in [0.1, 0.15) is 13.2 Å². The standard InChI is InChI=1S/C75H136O6/c1-4-7-10-13-16-19-22-25-28-30-32-33-34-35-36-37-38-39-40-41-42-43-45-47-50-53-56-59-62-65-68-74(77)80-71-72(70-79-73(76)67-64-61-58-55-52-49-46-27-24-21-18-15-12-9-6-3)81-75(78)69-66-63-60-57-54-51-48-44-31-29-26-23-20-17-14-11-8-5-2/h9,12,18,21,27,46,52,55,61,64,72H,4-8,10-11,13-17,19-20,22-26,28-45,47-51,53-54,56-60,62-63,65-71H2,1-3H3/b12-9-,21-18-,46-27-,55-52-,64-61-. The van der Waals surface area contributed by atoms with Gasteiger partial charge in [-0.15, -0.1) is 0 Å². The first kappa shape index (κ1) is 78.1. The van der Waals surface area contributed by atoms with Crippen LogP contribution >= 0.6 is 0 Å². The van der Waals surface area contributed by atoms with Crippen LogP contribution in [0.2, 0.25) is 0 Å². The summed E-state index contributed by atoms with van der Waals surface area (Å²) in [5.41, 5.74) is 0. The first-order valence-electron chi connectivity index (χ1n) is 35.8. The van der Waals surface area contributed by atoms with Crippen LogP contribution in [0.3, 0.4) is 0 Å². The number of hydrogen-bond donors (Lipinski definition) is 0. The molecule has 1 unspecified atom stereocenters. The van der Waals surface area contributed by atoms with Gasteiger partial charge in [0.15, 0.2) is 6.10 Å². The van der Waals surface area contributed by atoms with Crippen molar-refractivity contribution < 1.29 is 28.6 Å². The number of esters is 3.